The van der Waals surface area contributed by atoms with Crippen molar-refractivity contribution >= 4 is 27.6 Å². The molecule has 2 aromatic carbocycles. The maximum atomic E-state index is 12.7. The number of hydrogen-bond donors (Lipinski definition) is 0. The molecule has 2 aromatic heterocycles. The Bertz CT molecular complexity index is 1120. The highest BCUT2D eigenvalue weighted by molar-refractivity contribution is 5.90. The number of rotatable bonds is 4. The van der Waals surface area contributed by atoms with Crippen LogP contribution in [0.4, 0.5) is 0 Å². The van der Waals surface area contributed by atoms with Crippen LogP contribution in [0.2, 0.25) is 0 Å². The van der Waals surface area contributed by atoms with Gasteiger partial charge in [-0.05, 0) is 18.2 Å². The van der Waals surface area contributed by atoms with Crippen molar-refractivity contribution in [2.75, 3.05) is 0 Å². The van der Waals surface area contributed by atoms with E-state index in [1.54, 1.807) is 16.9 Å². The third-order valence-corrected chi connectivity index (χ3v) is 4.22. The van der Waals surface area contributed by atoms with Crippen molar-refractivity contribution in [3.8, 4) is 6.07 Å². The molecule has 0 aliphatic rings. The molecule has 4 rings (SSSR count). The summed E-state index contributed by atoms with van der Waals surface area (Å²) in [5.74, 6) is -1.13. The topological polar surface area (TPSA) is 71.6 Å². The van der Waals surface area contributed by atoms with Crippen LogP contribution >= 0.6 is 0 Å². The van der Waals surface area contributed by atoms with Gasteiger partial charge in [0.25, 0.3) is 0 Å². The van der Waals surface area contributed by atoms with Crippen molar-refractivity contribution in [1.29, 1.82) is 5.26 Å². The van der Waals surface area contributed by atoms with Crippen LogP contribution in [-0.4, -0.2) is 20.5 Å². The molecule has 0 saturated carbocycles. The van der Waals surface area contributed by atoms with Crippen LogP contribution < -0.4 is 0 Å². The van der Waals surface area contributed by atoms with Gasteiger partial charge >= 0.3 is 0 Å². The van der Waals surface area contributed by atoms with E-state index in [4.69, 9.17) is 0 Å². The number of para-hydroxylation sites is 2. The highest BCUT2D eigenvalue weighted by Gasteiger charge is 2.23. The molecule has 0 aliphatic heterocycles. The summed E-state index contributed by atoms with van der Waals surface area (Å²) in [5, 5.41) is 15.7. The first-order valence-electron chi connectivity index (χ1n) is 7.95. The summed E-state index contributed by atoms with van der Waals surface area (Å²) in [4.78, 5) is 17.2. The van der Waals surface area contributed by atoms with Crippen LogP contribution in [-0.2, 0) is 11.3 Å². The molecule has 0 fully saturated rings. The number of hydrogen-bond acceptors (Lipinski definition) is 4. The molecular formula is C20H14N4O. The van der Waals surface area contributed by atoms with Gasteiger partial charge in [-0.2, -0.15) is 10.4 Å². The predicted octanol–water partition coefficient (Wildman–Crippen LogP) is 3.46. The predicted molar refractivity (Wildman–Crippen MR) is 94.8 cm³/mol. The van der Waals surface area contributed by atoms with Crippen molar-refractivity contribution in [3.05, 3.63) is 72.6 Å². The summed E-state index contributed by atoms with van der Waals surface area (Å²) >= 11 is 0. The van der Waals surface area contributed by atoms with E-state index in [9.17, 15) is 10.1 Å². The Balaban J connectivity index is 1.65. The maximum absolute atomic E-state index is 12.7. The van der Waals surface area contributed by atoms with Crippen LogP contribution in [0.5, 0.6) is 0 Å². The van der Waals surface area contributed by atoms with Crippen molar-refractivity contribution in [2.24, 2.45) is 0 Å². The van der Waals surface area contributed by atoms with E-state index in [-0.39, 0.29) is 12.3 Å². The molecule has 4 aromatic rings. The minimum absolute atomic E-state index is 0.0419. The van der Waals surface area contributed by atoms with Crippen LogP contribution in [0, 0.1) is 11.3 Å². The maximum Gasteiger partial charge on any atom is 0.177 e. The fourth-order valence-corrected chi connectivity index (χ4v) is 2.94. The zero-order valence-corrected chi connectivity index (χ0v) is 13.3. The molecule has 2 heterocycles. The van der Waals surface area contributed by atoms with E-state index in [1.165, 1.54) is 0 Å². The molecule has 0 bridgehead atoms. The third kappa shape index (κ3) is 2.74. The van der Waals surface area contributed by atoms with E-state index in [1.807, 2.05) is 54.6 Å². The van der Waals surface area contributed by atoms with Gasteiger partial charge in [0.15, 0.2) is 5.78 Å². The highest BCUT2D eigenvalue weighted by Crippen LogP contribution is 2.20. The summed E-state index contributed by atoms with van der Waals surface area (Å²) in [5.41, 5.74) is 2.12. The van der Waals surface area contributed by atoms with Crippen LogP contribution in [0.15, 0.2) is 66.9 Å². The number of nitrogens with zero attached hydrogens (tertiary/aromatic N) is 4. The average Bonchev–Trinajstić information content (AvgIpc) is 3.05. The Labute approximate surface area is 144 Å². The van der Waals surface area contributed by atoms with Gasteiger partial charge in [0.05, 0.1) is 29.0 Å². The first-order valence-corrected chi connectivity index (χ1v) is 7.95. The third-order valence-electron chi connectivity index (χ3n) is 4.22. The second-order valence-corrected chi connectivity index (χ2v) is 5.82. The lowest BCUT2D eigenvalue weighted by atomic mass is 10.00. The normalized spacial score (nSPS) is 12.1. The Hall–Kier alpha value is -3.52. The fraction of sp³-hybridized carbons (Fsp3) is 0.100. The molecule has 0 radical (unpaired) electrons. The summed E-state index contributed by atoms with van der Waals surface area (Å²) in [6.07, 6.45) is 1.72. The van der Waals surface area contributed by atoms with E-state index >= 15 is 0 Å². The number of fused-ring (bicyclic) bond motifs is 2. The van der Waals surface area contributed by atoms with E-state index in [0.717, 1.165) is 21.8 Å². The van der Waals surface area contributed by atoms with Gasteiger partial charge in [-0.15, -0.1) is 0 Å². The lowest BCUT2D eigenvalue weighted by molar-refractivity contribution is -0.120. The number of Topliss-reactive ketones (excluding diaryl/α,β-unsaturated/α-hetero) is 1. The number of ketones is 1. The number of carbonyl (C=O) groups is 1. The monoisotopic (exact) mass is 326 g/mol. The van der Waals surface area contributed by atoms with Gasteiger partial charge in [0.1, 0.15) is 12.5 Å². The first-order chi connectivity index (χ1) is 12.3. The smallest absolute Gasteiger partial charge is 0.177 e. The molecule has 5 nitrogen and oxygen atoms in total. The number of pyridine rings is 1. The minimum atomic E-state index is -0.910. The van der Waals surface area contributed by atoms with E-state index in [2.05, 4.69) is 16.2 Å². The van der Waals surface area contributed by atoms with E-state index in [0.29, 0.717) is 5.69 Å². The fourth-order valence-electron chi connectivity index (χ4n) is 2.94. The largest absolute Gasteiger partial charge is 0.296 e. The lowest BCUT2D eigenvalue weighted by Gasteiger charge is -2.09. The average molecular weight is 326 g/mol. The molecule has 0 saturated heterocycles. The Morgan fingerprint density at radius 3 is 2.64 bits per heavy atom. The molecule has 0 spiro atoms. The van der Waals surface area contributed by atoms with Crippen LogP contribution in [0.25, 0.3) is 21.8 Å². The lowest BCUT2D eigenvalue weighted by Crippen LogP contribution is -2.19. The quantitative estimate of drug-likeness (QED) is 0.576. The zero-order valence-electron chi connectivity index (χ0n) is 13.3. The van der Waals surface area contributed by atoms with Crippen molar-refractivity contribution < 1.29 is 4.79 Å². The zero-order chi connectivity index (χ0) is 17.2. The molecule has 0 N–H and O–H groups in total. The van der Waals surface area contributed by atoms with Gasteiger partial charge in [-0.1, -0.05) is 42.5 Å². The highest BCUT2D eigenvalue weighted by atomic mass is 16.1. The number of benzene rings is 2. The first kappa shape index (κ1) is 15.0. The molecule has 0 aliphatic carbocycles. The molecule has 1 unspecified atom stereocenters. The van der Waals surface area contributed by atoms with Gasteiger partial charge in [0.2, 0.25) is 0 Å². The molecule has 5 heteroatoms. The van der Waals surface area contributed by atoms with Gasteiger partial charge < -0.3 is 0 Å². The number of aromatic nitrogens is 3. The Morgan fingerprint density at radius 2 is 1.80 bits per heavy atom. The summed E-state index contributed by atoms with van der Waals surface area (Å²) in [7, 11) is 0. The Morgan fingerprint density at radius 1 is 1.04 bits per heavy atom. The molecule has 25 heavy (non-hydrogen) atoms. The Kier molecular flexibility index (Phi) is 3.71. The molecule has 120 valence electrons. The SMILES string of the molecule is N#CC(C(=O)Cn1ncc2ccccc21)c1ccc2ccccc2n1. The number of carbonyl (C=O) groups excluding carboxylic acids is 1. The summed E-state index contributed by atoms with van der Waals surface area (Å²) in [6.45, 7) is 0.0419. The van der Waals surface area contributed by atoms with Crippen molar-refractivity contribution in [2.45, 2.75) is 12.5 Å². The summed E-state index contributed by atoms with van der Waals surface area (Å²) in [6, 6.07) is 21.0. The molecular weight excluding hydrogens is 312 g/mol. The van der Waals surface area contributed by atoms with Crippen LogP contribution in [0.1, 0.15) is 11.6 Å². The second kappa shape index (κ2) is 6.17. The number of nitriles is 1. The van der Waals surface area contributed by atoms with Crippen molar-refractivity contribution in [1.82, 2.24) is 14.8 Å². The van der Waals surface area contributed by atoms with Gasteiger partial charge in [0, 0.05) is 10.8 Å². The molecule has 1 atom stereocenters. The molecule has 0 amide bonds. The second-order valence-electron chi connectivity index (χ2n) is 5.82. The van der Waals surface area contributed by atoms with E-state index < -0.39 is 5.92 Å². The minimum Gasteiger partial charge on any atom is -0.296 e. The van der Waals surface area contributed by atoms with Crippen LogP contribution in [0.3, 0.4) is 0 Å². The van der Waals surface area contributed by atoms with Gasteiger partial charge in [-0.25, -0.2) is 0 Å². The standard InChI is InChI=1S/C20H14N4O/c21-11-16(18-10-9-14-5-1-3-7-17(14)23-18)20(25)13-24-19-8-4-2-6-15(19)12-22-24/h1-10,12,16H,13H2. The summed E-state index contributed by atoms with van der Waals surface area (Å²) < 4.78 is 1.63. The van der Waals surface area contributed by atoms with Gasteiger partial charge in [-0.3, -0.25) is 14.5 Å². The van der Waals surface area contributed by atoms with Crippen molar-refractivity contribution in [3.63, 3.8) is 0 Å².